The third kappa shape index (κ3) is 3.20. The van der Waals surface area contributed by atoms with E-state index in [0.717, 1.165) is 11.1 Å². The van der Waals surface area contributed by atoms with Gasteiger partial charge in [0, 0.05) is 30.2 Å². The zero-order valence-electron chi connectivity index (χ0n) is 14.5. The largest absolute Gasteiger partial charge is 0.839 e. The van der Waals surface area contributed by atoms with Crippen LogP contribution >= 0.6 is 0 Å². The molecule has 4 aromatic rings. The Bertz CT molecular complexity index is 1110. The Labute approximate surface area is 154 Å². The second-order valence-corrected chi connectivity index (χ2v) is 6.09. The second-order valence-electron chi connectivity index (χ2n) is 6.09. The summed E-state index contributed by atoms with van der Waals surface area (Å²) in [6, 6.07) is 8.90. The van der Waals surface area contributed by atoms with Crippen LogP contribution in [0.5, 0.6) is 5.88 Å². The zero-order chi connectivity index (χ0) is 18.8. The molecule has 1 amide bonds. The summed E-state index contributed by atoms with van der Waals surface area (Å²) >= 11 is 0. The monoisotopic (exact) mass is 360 g/mol. The van der Waals surface area contributed by atoms with E-state index < -0.39 is 11.8 Å². The maximum Gasteiger partial charge on any atom is 0.300 e. The van der Waals surface area contributed by atoms with E-state index in [1.54, 1.807) is 47.4 Å². The lowest BCUT2D eigenvalue weighted by molar-refractivity contribution is -0.704. The summed E-state index contributed by atoms with van der Waals surface area (Å²) in [5, 5.41) is 15.7. The number of aryl methyl sites for hydroxylation is 1. The minimum atomic E-state index is -0.513. The molecule has 4 heterocycles. The number of imidazole rings is 1. The fourth-order valence-electron chi connectivity index (χ4n) is 2.85. The third-order valence-electron chi connectivity index (χ3n) is 4.13. The Kier molecular flexibility index (Phi) is 4.21. The highest BCUT2D eigenvalue weighted by Gasteiger charge is 2.25. The van der Waals surface area contributed by atoms with Crippen molar-refractivity contribution in [1.82, 2.24) is 19.4 Å². The van der Waals surface area contributed by atoms with Crippen LogP contribution in [0, 0.1) is 6.92 Å². The molecule has 134 valence electrons. The first-order valence-electron chi connectivity index (χ1n) is 8.31. The molecule has 0 bridgehead atoms. The van der Waals surface area contributed by atoms with Crippen molar-refractivity contribution >= 4 is 17.4 Å². The highest BCUT2D eigenvalue weighted by Crippen LogP contribution is 2.17. The lowest BCUT2D eigenvalue weighted by Gasteiger charge is -2.07. The van der Waals surface area contributed by atoms with Crippen LogP contribution in [0.4, 0.5) is 5.82 Å². The molecular formula is C19H16N6O2. The van der Waals surface area contributed by atoms with Crippen LogP contribution < -0.4 is 15.0 Å². The van der Waals surface area contributed by atoms with Gasteiger partial charge in [0.15, 0.2) is 0 Å². The average molecular weight is 360 g/mol. The topological polar surface area (TPSA) is 99.1 Å². The van der Waals surface area contributed by atoms with E-state index in [0.29, 0.717) is 11.5 Å². The number of carbonyl (C=O) groups is 1. The number of anilines is 1. The highest BCUT2D eigenvalue weighted by atomic mass is 16.3. The van der Waals surface area contributed by atoms with Crippen LogP contribution in [0.2, 0.25) is 0 Å². The number of amides is 1. The van der Waals surface area contributed by atoms with Crippen molar-refractivity contribution in [1.29, 1.82) is 0 Å². The normalized spacial score (nSPS) is 10.9. The van der Waals surface area contributed by atoms with Gasteiger partial charge in [0.25, 0.3) is 11.6 Å². The van der Waals surface area contributed by atoms with Crippen molar-refractivity contribution in [3.05, 3.63) is 78.3 Å². The number of hydrogen-bond donors (Lipinski definition) is 1. The molecule has 0 aromatic carbocycles. The van der Waals surface area contributed by atoms with Gasteiger partial charge in [-0.15, -0.1) is 0 Å². The van der Waals surface area contributed by atoms with E-state index in [9.17, 15) is 9.90 Å². The van der Waals surface area contributed by atoms with Crippen molar-refractivity contribution in [2.45, 2.75) is 13.5 Å². The predicted molar refractivity (Wildman–Crippen MR) is 95.1 cm³/mol. The van der Waals surface area contributed by atoms with Gasteiger partial charge in [-0.3, -0.25) is 4.79 Å². The molecule has 0 fully saturated rings. The third-order valence-corrected chi connectivity index (χ3v) is 4.13. The molecule has 0 saturated heterocycles. The fourth-order valence-corrected chi connectivity index (χ4v) is 2.85. The molecule has 8 nitrogen and oxygen atoms in total. The summed E-state index contributed by atoms with van der Waals surface area (Å²) in [5.41, 5.74) is 2.37. The van der Waals surface area contributed by atoms with Gasteiger partial charge < -0.3 is 10.4 Å². The number of carbonyl (C=O) groups excluding carboxylic acids is 1. The van der Waals surface area contributed by atoms with Crippen molar-refractivity contribution < 1.29 is 14.5 Å². The van der Waals surface area contributed by atoms with E-state index >= 15 is 0 Å². The minimum Gasteiger partial charge on any atom is -0.839 e. The molecule has 0 aliphatic rings. The van der Waals surface area contributed by atoms with Gasteiger partial charge >= 0.3 is 0 Å². The summed E-state index contributed by atoms with van der Waals surface area (Å²) in [4.78, 5) is 24.9. The van der Waals surface area contributed by atoms with Crippen molar-refractivity contribution in [2.24, 2.45) is 0 Å². The Morgan fingerprint density at radius 2 is 2.00 bits per heavy atom. The zero-order valence-corrected chi connectivity index (χ0v) is 14.5. The quantitative estimate of drug-likeness (QED) is 0.549. The summed E-state index contributed by atoms with van der Waals surface area (Å²) in [6.07, 6.45) is 8.05. The maximum absolute atomic E-state index is 13.0. The molecular weight excluding hydrogens is 344 g/mol. The van der Waals surface area contributed by atoms with E-state index in [4.69, 9.17) is 0 Å². The van der Waals surface area contributed by atoms with E-state index in [1.807, 2.05) is 19.1 Å². The van der Waals surface area contributed by atoms with Crippen molar-refractivity contribution in [3.63, 3.8) is 0 Å². The molecule has 0 spiro atoms. The van der Waals surface area contributed by atoms with Gasteiger partial charge in [0.2, 0.25) is 5.69 Å². The van der Waals surface area contributed by atoms with Crippen LogP contribution in [0.25, 0.3) is 5.65 Å². The molecule has 4 aromatic heterocycles. The molecule has 0 unspecified atom stereocenters. The van der Waals surface area contributed by atoms with Crippen LogP contribution in [0.15, 0.2) is 61.4 Å². The Morgan fingerprint density at radius 3 is 2.74 bits per heavy atom. The predicted octanol–water partition coefficient (Wildman–Crippen LogP) is 1.09. The average Bonchev–Trinajstić information content (AvgIpc) is 2.96. The van der Waals surface area contributed by atoms with E-state index in [-0.39, 0.29) is 12.2 Å². The Balaban J connectivity index is 1.75. The molecule has 0 aliphatic carbocycles. The number of nitrogens with one attached hydrogen (secondary N) is 1. The minimum absolute atomic E-state index is 0.0184. The van der Waals surface area contributed by atoms with Crippen molar-refractivity contribution in [2.75, 3.05) is 5.32 Å². The first-order chi connectivity index (χ1) is 13.1. The van der Waals surface area contributed by atoms with Crippen LogP contribution in [0.1, 0.15) is 21.6 Å². The lowest BCUT2D eigenvalue weighted by atomic mass is 10.3. The number of fused-ring (bicyclic) bond motifs is 1. The molecule has 0 aliphatic heterocycles. The summed E-state index contributed by atoms with van der Waals surface area (Å²) in [7, 11) is 0. The van der Waals surface area contributed by atoms with Crippen LogP contribution in [0.3, 0.4) is 0 Å². The first-order valence-corrected chi connectivity index (χ1v) is 8.31. The second kappa shape index (κ2) is 6.83. The standard InChI is InChI=1S/C19H16N6O2/c1-13-5-6-15(22-8-13)23-18(26)17-19(27)25(11-14-9-20-12-21-10-14)16-4-2-3-7-24(16)17/h2-10,12H,11H2,1H3,(H-,22,23,26,27). The molecule has 0 radical (unpaired) electrons. The number of aromatic nitrogens is 5. The summed E-state index contributed by atoms with van der Waals surface area (Å²) in [6.45, 7) is 2.17. The Hall–Kier alpha value is -3.81. The fraction of sp³-hybridized carbons (Fsp3) is 0.105. The maximum atomic E-state index is 13.0. The number of pyridine rings is 2. The van der Waals surface area contributed by atoms with Gasteiger partial charge in [-0.2, -0.15) is 4.40 Å². The van der Waals surface area contributed by atoms with Gasteiger partial charge in [-0.25, -0.2) is 19.5 Å². The van der Waals surface area contributed by atoms with Gasteiger partial charge in [0.05, 0.1) is 6.20 Å². The number of nitrogens with zero attached hydrogens (tertiary/aromatic N) is 5. The van der Waals surface area contributed by atoms with Gasteiger partial charge in [-0.1, -0.05) is 12.1 Å². The van der Waals surface area contributed by atoms with Crippen molar-refractivity contribution in [3.8, 4) is 5.88 Å². The highest BCUT2D eigenvalue weighted by molar-refractivity contribution is 6.04. The molecule has 0 saturated carbocycles. The Morgan fingerprint density at radius 1 is 1.19 bits per heavy atom. The van der Waals surface area contributed by atoms with Gasteiger partial charge in [0.1, 0.15) is 24.6 Å². The summed E-state index contributed by atoms with van der Waals surface area (Å²) in [5.74, 6) is -0.519. The molecule has 1 N–H and O–H groups in total. The number of hydrogen-bond acceptors (Lipinski definition) is 5. The number of rotatable bonds is 4. The van der Waals surface area contributed by atoms with Crippen LogP contribution in [-0.4, -0.2) is 25.3 Å². The SMILES string of the molecule is Cc1ccc(NC(=O)c2c([O-])[n+](Cc3cncnc3)c3ccccn23)nc1. The van der Waals surface area contributed by atoms with Gasteiger partial charge in [-0.05, 0) is 24.6 Å². The van der Waals surface area contributed by atoms with Crippen LogP contribution in [-0.2, 0) is 6.54 Å². The first kappa shape index (κ1) is 16.6. The molecule has 27 heavy (non-hydrogen) atoms. The van der Waals surface area contributed by atoms with E-state index in [2.05, 4.69) is 20.3 Å². The lowest BCUT2D eigenvalue weighted by Crippen LogP contribution is -2.37. The molecule has 0 atom stereocenters. The molecule has 4 rings (SSSR count). The summed E-state index contributed by atoms with van der Waals surface area (Å²) < 4.78 is 3.10. The molecule has 8 heteroatoms. The van der Waals surface area contributed by atoms with E-state index in [1.165, 1.54) is 10.9 Å². The smallest absolute Gasteiger partial charge is 0.300 e.